The molecule has 0 aliphatic carbocycles. The minimum atomic E-state index is -0.622. The zero-order chi connectivity index (χ0) is 14.0. The van der Waals surface area contributed by atoms with E-state index < -0.39 is 10.7 Å². The Balaban J connectivity index is 2.32. The normalized spacial score (nSPS) is 10.3. The highest BCUT2D eigenvalue weighted by atomic mass is 79.9. The fourth-order valence-corrected chi connectivity index (χ4v) is 1.72. The molecule has 2 aromatic rings. The van der Waals surface area contributed by atoms with Crippen molar-refractivity contribution in [3.05, 3.63) is 55.9 Å². The van der Waals surface area contributed by atoms with Crippen LogP contribution in [0.3, 0.4) is 0 Å². The maximum Gasteiger partial charge on any atom is 0.277 e. The Kier molecular flexibility index (Phi) is 3.96. The van der Waals surface area contributed by atoms with Gasteiger partial charge in [0.05, 0.1) is 21.5 Å². The van der Waals surface area contributed by atoms with Gasteiger partial charge in [-0.1, -0.05) is 11.6 Å². The summed E-state index contributed by atoms with van der Waals surface area (Å²) in [5, 5.41) is 10.6. The summed E-state index contributed by atoms with van der Waals surface area (Å²) in [5.74, 6) is -0.445. The van der Waals surface area contributed by atoms with Crippen LogP contribution in [0.1, 0.15) is 0 Å². The molecule has 0 spiro atoms. The van der Waals surface area contributed by atoms with Crippen molar-refractivity contribution in [2.24, 2.45) is 0 Å². The quantitative estimate of drug-likeness (QED) is 0.471. The molecule has 2 rings (SSSR count). The lowest BCUT2D eigenvalue weighted by Crippen LogP contribution is -1.93. The van der Waals surface area contributed by atoms with Gasteiger partial charge in [0.15, 0.2) is 0 Å². The molecule has 0 bridgehead atoms. The Labute approximate surface area is 120 Å². The first-order valence-electron chi connectivity index (χ1n) is 4.90. The SMILES string of the molecule is O=[N+]([O-])c1cc(Cl)nc(Oc2ccc(Br)c(F)c2)c1. The largest absolute Gasteiger partial charge is 0.439 e. The first-order valence-corrected chi connectivity index (χ1v) is 6.07. The van der Waals surface area contributed by atoms with E-state index in [1.54, 1.807) is 0 Å². The van der Waals surface area contributed by atoms with Gasteiger partial charge in [0, 0.05) is 6.07 Å². The number of nitrogens with zero attached hydrogens (tertiary/aromatic N) is 2. The maximum absolute atomic E-state index is 13.3. The zero-order valence-corrected chi connectivity index (χ0v) is 11.5. The first-order chi connectivity index (χ1) is 8.95. The molecule has 8 heteroatoms. The smallest absolute Gasteiger partial charge is 0.277 e. The number of halogens is 3. The zero-order valence-electron chi connectivity index (χ0n) is 9.14. The summed E-state index contributed by atoms with van der Waals surface area (Å²) in [4.78, 5) is 13.8. The van der Waals surface area contributed by atoms with Crippen LogP contribution in [0.15, 0.2) is 34.8 Å². The summed E-state index contributed by atoms with van der Waals surface area (Å²) < 4.78 is 18.8. The second-order valence-corrected chi connectivity index (χ2v) is 4.66. The van der Waals surface area contributed by atoms with Crippen LogP contribution < -0.4 is 4.74 Å². The number of pyridine rings is 1. The Morgan fingerprint density at radius 1 is 1.37 bits per heavy atom. The van der Waals surface area contributed by atoms with E-state index in [0.29, 0.717) is 0 Å². The van der Waals surface area contributed by atoms with Crippen molar-refractivity contribution in [1.29, 1.82) is 0 Å². The monoisotopic (exact) mass is 346 g/mol. The number of hydrogen-bond acceptors (Lipinski definition) is 4. The molecule has 0 saturated carbocycles. The molecule has 0 aliphatic rings. The Morgan fingerprint density at radius 3 is 2.74 bits per heavy atom. The summed E-state index contributed by atoms with van der Waals surface area (Å²) in [6.07, 6.45) is 0. The summed E-state index contributed by atoms with van der Waals surface area (Å²) in [6, 6.07) is 6.26. The van der Waals surface area contributed by atoms with Crippen LogP contribution >= 0.6 is 27.5 Å². The molecule has 1 aromatic carbocycles. The third kappa shape index (κ3) is 3.39. The van der Waals surface area contributed by atoms with Gasteiger partial charge in [0.1, 0.15) is 16.7 Å². The molecule has 0 atom stereocenters. The number of hydrogen-bond donors (Lipinski definition) is 0. The fourth-order valence-electron chi connectivity index (χ4n) is 1.28. The highest BCUT2D eigenvalue weighted by Crippen LogP contribution is 2.28. The van der Waals surface area contributed by atoms with Crippen molar-refractivity contribution in [2.45, 2.75) is 0 Å². The van der Waals surface area contributed by atoms with Crippen LogP contribution in [-0.4, -0.2) is 9.91 Å². The summed E-state index contributed by atoms with van der Waals surface area (Å²) >= 11 is 8.64. The number of aromatic nitrogens is 1. The lowest BCUT2D eigenvalue weighted by molar-refractivity contribution is -0.385. The van der Waals surface area contributed by atoms with Crippen LogP contribution in [0.5, 0.6) is 11.6 Å². The van der Waals surface area contributed by atoms with E-state index >= 15 is 0 Å². The van der Waals surface area contributed by atoms with Crippen LogP contribution in [0, 0.1) is 15.9 Å². The van der Waals surface area contributed by atoms with E-state index in [0.717, 1.165) is 18.2 Å². The predicted molar refractivity (Wildman–Crippen MR) is 70.1 cm³/mol. The van der Waals surface area contributed by atoms with E-state index in [9.17, 15) is 14.5 Å². The van der Waals surface area contributed by atoms with Crippen molar-refractivity contribution in [2.75, 3.05) is 0 Å². The van der Waals surface area contributed by atoms with Crippen molar-refractivity contribution >= 4 is 33.2 Å². The van der Waals surface area contributed by atoms with Crippen molar-refractivity contribution < 1.29 is 14.1 Å². The fraction of sp³-hybridized carbons (Fsp3) is 0. The van der Waals surface area contributed by atoms with Crippen LogP contribution in [0.4, 0.5) is 10.1 Å². The van der Waals surface area contributed by atoms with Gasteiger partial charge in [0.25, 0.3) is 5.69 Å². The third-order valence-corrected chi connectivity index (χ3v) is 2.92. The van der Waals surface area contributed by atoms with Gasteiger partial charge in [-0.3, -0.25) is 10.1 Å². The van der Waals surface area contributed by atoms with Crippen LogP contribution in [-0.2, 0) is 0 Å². The summed E-state index contributed by atoms with van der Waals surface area (Å²) in [7, 11) is 0. The predicted octanol–water partition coefficient (Wildman–Crippen LogP) is 4.34. The van der Waals surface area contributed by atoms with Gasteiger partial charge >= 0.3 is 0 Å². The minimum absolute atomic E-state index is 0.0817. The van der Waals surface area contributed by atoms with Gasteiger partial charge < -0.3 is 4.74 Å². The Bertz CT molecular complexity index is 654. The molecule has 98 valence electrons. The molecule has 0 aliphatic heterocycles. The molecule has 0 N–H and O–H groups in total. The summed E-state index contributed by atoms with van der Waals surface area (Å²) in [6.45, 7) is 0. The molecule has 5 nitrogen and oxygen atoms in total. The molecule has 0 unspecified atom stereocenters. The van der Waals surface area contributed by atoms with Crippen LogP contribution in [0.25, 0.3) is 0 Å². The van der Waals surface area contributed by atoms with E-state index in [1.807, 2.05) is 0 Å². The molecular formula is C11H5BrClFN2O3. The number of nitro groups is 1. The second kappa shape index (κ2) is 5.50. The lowest BCUT2D eigenvalue weighted by atomic mass is 10.3. The lowest BCUT2D eigenvalue weighted by Gasteiger charge is -2.05. The van der Waals surface area contributed by atoms with Crippen molar-refractivity contribution in [1.82, 2.24) is 4.98 Å². The highest BCUT2D eigenvalue weighted by Gasteiger charge is 2.12. The molecule has 0 saturated heterocycles. The average Bonchev–Trinajstić information content (AvgIpc) is 2.33. The Hall–Kier alpha value is -1.73. The van der Waals surface area contributed by atoms with Crippen molar-refractivity contribution in [3.8, 4) is 11.6 Å². The standard InChI is InChI=1S/C11H5BrClFN2O3/c12-8-2-1-7(5-9(8)14)19-11-4-6(16(17)18)3-10(13)15-11/h1-5H. The van der Waals surface area contributed by atoms with Gasteiger partial charge in [-0.05, 0) is 28.1 Å². The molecule has 1 aromatic heterocycles. The van der Waals surface area contributed by atoms with E-state index in [2.05, 4.69) is 20.9 Å². The molecule has 0 radical (unpaired) electrons. The number of ether oxygens (including phenoxy) is 1. The van der Waals surface area contributed by atoms with E-state index in [4.69, 9.17) is 16.3 Å². The van der Waals surface area contributed by atoms with Gasteiger partial charge in [-0.15, -0.1) is 0 Å². The highest BCUT2D eigenvalue weighted by molar-refractivity contribution is 9.10. The first kappa shape index (κ1) is 13.7. The molecular weight excluding hydrogens is 342 g/mol. The second-order valence-electron chi connectivity index (χ2n) is 3.42. The number of benzene rings is 1. The average molecular weight is 348 g/mol. The van der Waals surface area contributed by atoms with Crippen LogP contribution in [0.2, 0.25) is 5.15 Å². The van der Waals surface area contributed by atoms with E-state index in [-0.39, 0.29) is 26.9 Å². The van der Waals surface area contributed by atoms with Gasteiger partial charge in [-0.25, -0.2) is 9.37 Å². The molecule has 1 heterocycles. The maximum atomic E-state index is 13.3. The van der Waals surface area contributed by atoms with Gasteiger partial charge in [-0.2, -0.15) is 0 Å². The molecule has 0 fully saturated rings. The topological polar surface area (TPSA) is 65.3 Å². The third-order valence-electron chi connectivity index (χ3n) is 2.08. The summed E-state index contributed by atoms with van der Waals surface area (Å²) in [5.41, 5.74) is -0.257. The van der Waals surface area contributed by atoms with Crippen molar-refractivity contribution in [3.63, 3.8) is 0 Å². The van der Waals surface area contributed by atoms with Gasteiger partial charge in [0.2, 0.25) is 5.88 Å². The minimum Gasteiger partial charge on any atom is -0.439 e. The van der Waals surface area contributed by atoms with E-state index in [1.165, 1.54) is 12.1 Å². The Morgan fingerprint density at radius 2 is 2.11 bits per heavy atom. The molecule has 19 heavy (non-hydrogen) atoms. The molecule has 0 amide bonds. The number of rotatable bonds is 3.